The number of carbonyl (C=O) groups is 3. The summed E-state index contributed by atoms with van der Waals surface area (Å²) in [6.07, 6.45) is 17.5. The van der Waals surface area contributed by atoms with E-state index in [4.69, 9.17) is 9.72 Å². The lowest BCUT2D eigenvalue weighted by Gasteiger charge is -2.73. The van der Waals surface area contributed by atoms with Crippen LogP contribution in [0, 0.1) is 67.5 Å². The molecule has 2 heterocycles. The molecule has 2 N–H and O–H groups in total. The minimum absolute atomic E-state index is 0.0105. The number of ether oxygens (including phenoxy) is 1. The quantitative estimate of drug-likeness (QED) is 0.244. The standard InChI is InChI=1S/C51H73N3O5/c1-45(2,29-40(55)56)30-41(57)59-39-20-21-48(6)37(46(39,3)4)19-22-50(8)38(48)17-16-34-42-33(47(5)24-25-47)18-23-51(42,27-26-49(34,50)7)44(58)54-28-12-15-36(54)43-52-31-35(53-43)32-13-10-9-11-14-32/h9-11,13-14,31,33-34,36-39,42H,12,15-30H2,1-8H3,(H,52,53)(H,55,56)/t33-,34-,36+,37+,38-,39+,42-,48+,49-,50-,51+/m1/s1. The van der Waals surface area contributed by atoms with E-state index in [0.29, 0.717) is 40.9 Å². The Bertz CT molecular complexity index is 1970. The summed E-state index contributed by atoms with van der Waals surface area (Å²) >= 11 is 0. The number of likely N-dealkylation sites (tertiary alicyclic amines) is 1. The van der Waals surface area contributed by atoms with Crippen LogP contribution in [0.15, 0.2) is 36.5 Å². The molecular weight excluding hydrogens is 735 g/mol. The average molecular weight is 808 g/mol. The van der Waals surface area contributed by atoms with E-state index in [1.165, 1.54) is 38.5 Å². The van der Waals surface area contributed by atoms with Gasteiger partial charge in [-0.25, -0.2) is 4.98 Å². The van der Waals surface area contributed by atoms with Gasteiger partial charge in [0, 0.05) is 12.0 Å². The number of aromatic nitrogens is 2. The first-order valence-corrected chi connectivity index (χ1v) is 23.6. The van der Waals surface area contributed by atoms with Crippen LogP contribution in [0.1, 0.15) is 170 Å². The van der Waals surface area contributed by atoms with E-state index >= 15 is 4.79 Å². The molecule has 0 unspecified atom stereocenters. The smallest absolute Gasteiger partial charge is 0.306 e. The lowest BCUT2D eigenvalue weighted by molar-refractivity contribution is -0.251. The summed E-state index contributed by atoms with van der Waals surface area (Å²) in [5.74, 6) is 2.86. The van der Waals surface area contributed by atoms with Crippen LogP contribution in [0.5, 0.6) is 0 Å². The molecule has 1 aromatic carbocycles. The van der Waals surface area contributed by atoms with Crippen molar-refractivity contribution in [2.75, 3.05) is 6.54 Å². The maximum absolute atomic E-state index is 15.7. The third-order valence-corrected chi connectivity index (χ3v) is 19.8. The maximum atomic E-state index is 15.7. The third kappa shape index (κ3) is 6.30. The van der Waals surface area contributed by atoms with E-state index in [1.807, 2.05) is 26.1 Å². The Balaban J connectivity index is 0.980. The molecule has 8 heteroatoms. The molecule has 9 rings (SSSR count). The molecule has 1 aromatic heterocycles. The molecule has 1 aliphatic heterocycles. The number of aliphatic carboxylic acids is 1. The number of hydrogen-bond acceptors (Lipinski definition) is 5. The highest BCUT2D eigenvalue weighted by Gasteiger charge is 2.74. The first kappa shape index (κ1) is 41.2. The van der Waals surface area contributed by atoms with Gasteiger partial charge < -0.3 is 19.7 Å². The van der Waals surface area contributed by atoms with Crippen molar-refractivity contribution in [1.29, 1.82) is 0 Å². The highest BCUT2D eigenvalue weighted by Crippen LogP contribution is 2.79. The number of hydrogen-bond donors (Lipinski definition) is 2. The highest BCUT2D eigenvalue weighted by molar-refractivity contribution is 5.84. The summed E-state index contributed by atoms with van der Waals surface area (Å²) in [4.78, 5) is 51.4. The molecule has 8 nitrogen and oxygen atoms in total. The number of fused-ring (bicyclic) bond motifs is 7. The Morgan fingerprint density at radius 2 is 1.56 bits per heavy atom. The molecular formula is C51H73N3O5. The second kappa shape index (κ2) is 13.9. The fraction of sp³-hybridized carbons (Fsp3) is 0.765. The number of nitrogens with one attached hydrogen (secondary N) is 1. The number of aromatic amines is 1. The number of rotatable bonds is 9. The number of carbonyl (C=O) groups excluding carboxylic acids is 2. The molecule has 6 aliphatic carbocycles. The van der Waals surface area contributed by atoms with Gasteiger partial charge in [-0.2, -0.15) is 0 Å². The zero-order valence-electron chi connectivity index (χ0n) is 37.5. The largest absolute Gasteiger partial charge is 0.481 e. The number of benzene rings is 1. The molecule has 11 atom stereocenters. The Morgan fingerprint density at radius 1 is 0.814 bits per heavy atom. The minimum atomic E-state index is -0.881. The molecule has 0 radical (unpaired) electrons. The van der Waals surface area contributed by atoms with Crippen LogP contribution in [-0.2, 0) is 19.1 Å². The van der Waals surface area contributed by atoms with Crippen molar-refractivity contribution in [2.24, 2.45) is 67.5 Å². The molecule has 59 heavy (non-hydrogen) atoms. The SMILES string of the molecule is CC(C)(CC(=O)O)CC(=O)O[C@H]1CC[C@]2(C)[C@H]3CC[C@@H]4[C@H]5[C@H](C6(C)CC6)CC[C@]5(C(=O)N5CCC[C@H]5c5ncc(-c6ccccc6)[nH]5)CC[C@@]4(C)[C@]3(C)CC[C@H]2C1(C)C. The first-order chi connectivity index (χ1) is 27.8. The van der Waals surface area contributed by atoms with Crippen LogP contribution in [-0.4, -0.2) is 50.5 Å². The third-order valence-electron chi connectivity index (χ3n) is 19.8. The molecule has 1 saturated heterocycles. The Kier molecular flexibility index (Phi) is 9.73. The Labute approximate surface area is 353 Å². The fourth-order valence-corrected chi connectivity index (χ4v) is 16.4. The predicted molar refractivity (Wildman–Crippen MR) is 230 cm³/mol. The summed E-state index contributed by atoms with van der Waals surface area (Å²) in [6, 6.07) is 10.4. The fourth-order valence-electron chi connectivity index (χ4n) is 16.4. The van der Waals surface area contributed by atoms with E-state index in [1.54, 1.807) is 0 Å². The van der Waals surface area contributed by atoms with E-state index in [9.17, 15) is 14.7 Å². The molecule has 0 spiro atoms. The lowest BCUT2D eigenvalue weighted by Crippen LogP contribution is -2.67. The van der Waals surface area contributed by atoms with Gasteiger partial charge in [0.2, 0.25) is 5.91 Å². The average Bonchev–Trinajstić information content (AvgIpc) is 3.56. The molecule has 7 fully saturated rings. The second-order valence-electron chi connectivity index (χ2n) is 23.6. The topological polar surface area (TPSA) is 113 Å². The molecule has 6 saturated carbocycles. The number of nitrogens with zero attached hydrogens (tertiary/aromatic N) is 2. The van der Waals surface area contributed by atoms with Crippen molar-refractivity contribution >= 4 is 17.8 Å². The van der Waals surface area contributed by atoms with E-state index in [-0.39, 0.29) is 58.0 Å². The first-order valence-electron chi connectivity index (χ1n) is 23.6. The van der Waals surface area contributed by atoms with E-state index < -0.39 is 11.4 Å². The van der Waals surface area contributed by atoms with Crippen molar-refractivity contribution in [3.63, 3.8) is 0 Å². The van der Waals surface area contributed by atoms with Gasteiger partial charge in [-0.05, 0) is 152 Å². The normalized spacial score (nSPS) is 40.6. The second-order valence-corrected chi connectivity index (χ2v) is 23.6. The Morgan fingerprint density at radius 3 is 2.27 bits per heavy atom. The molecule has 7 aliphatic rings. The highest BCUT2D eigenvalue weighted by atomic mass is 16.5. The Hall–Kier alpha value is -3.16. The van der Waals surface area contributed by atoms with Crippen molar-refractivity contribution in [2.45, 2.75) is 170 Å². The monoisotopic (exact) mass is 808 g/mol. The molecule has 2 aromatic rings. The summed E-state index contributed by atoms with van der Waals surface area (Å²) < 4.78 is 6.34. The zero-order chi connectivity index (χ0) is 42.0. The van der Waals surface area contributed by atoms with Gasteiger partial charge in [0.05, 0.1) is 36.2 Å². The number of carboxylic acid groups (broad SMARTS) is 1. The van der Waals surface area contributed by atoms with Gasteiger partial charge >= 0.3 is 11.9 Å². The zero-order valence-corrected chi connectivity index (χ0v) is 37.5. The van der Waals surface area contributed by atoms with Crippen molar-refractivity contribution < 1.29 is 24.2 Å². The van der Waals surface area contributed by atoms with Crippen LogP contribution in [0.4, 0.5) is 0 Å². The van der Waals surface area contributed by atoms with Crippen LogP contribution in [0.3, 0.4) is 0 Å². The molecule has 0 bridgehead atoms. The maximum Gasteiger partial charge on any atom is 0.306 e. The minimum Gasteiger partial charge on any atom is -0.481 e. The predicted octanol–water partition coefficient (Wildman–Crippen LogP) is 11.4. The van der Waals surface area contributed by atoms with Crippen LogP contribution in [0.2, 0.25) is 0 Å². The van der Waals surface area contributed by atoms with Crippen molar-refractivity contribution in [1.82, 2.24) is 14.9 Å². The van der Waals surface area contributed by atoms with Gasteiger partial charge in [-0.1, -0.05) is 85.7 Å². The van der Waals surface area contributed by atoms with E-state index in [2.05, 4.69) is 75.7 Å². The van der Waals surface area contributed by atoms with Gasteiger partial charge in [0.1, 0.15) is 11.9 Å². The van der Waals surface area contributed by atoms with Crippen molar-refractivity contribution in [3.05, 3.63) is 42.4 Å². The van der Waals surface area contributed by atoms with Crippen LogP contribution >= 0.6 is 0 Å². The van der Waals surface area contributed by atoms with Gasteiger partial charge in [0.15, 0.2) is 0 Å². The molecule has 322 valence electrons. The number of carboxylic acids is 1. The summed E-state index contributed by atoms with van der Waals surface area (Å²) in [5.41, 5.74) is 1.89. The summed E-state index contributed by atoms with van der Waals surface area (Å²) in [5, 5.41) is 9.42. The van der Waals surface area contributed by atoms with Gasteiger partial charge in [-0.15, -0.1) is 0 Å². The van der Waals surface area contributed by atoms with Crippen molar-refractivity contribution in [3.8, 4) is 11.3 Å². The number of esters is 1. The van der Waals surface area contributed by atoms with Gasteiger partial charge in [0.25, 0.3) is 0 Å². The molecule has 1 amide bonds. The van der Waals surface area contributed by atoms with Crippen LogP contribution in [0.25, 0.3) is 11.3 Å². The van der Waals surface area contributed by atoms with E-state index in [0.717, 1.165) is 75.0 Å². The number of H-pyrrole nitrogens is 1. The van der Waals surface area contributed by atoms with Crippen LogP contribution < -0.4 is 0 Å². The lowest BCUT2D eigenvalue weighted by atomic mass is 9.32. The summed E-state index contributed by atoms with van der Waals surface area (Å²) in [7, 11) is 0. The summed E-state index contributed by atoms with van der Waals surface area (Å²) in [6.45, 7) is 19.8. The van der Waals surface area contributed by atoms with Gasteiger partial charge in [-0.3, -0.25) is 14.4 Å². The number of amides is 1. The number of imidazole rings is 1.